The van der Waals surface area contributed by atoms with E-state index in [1.807, 2.05) is 0 Å². The molecule has 0 unspecified atom stereocenters. The second kappa shape index (κ2) is 4.29. The van der Waals surface area contributed by atoms with Crippen LogP contribution in [0.3, 0.4) is 0 Å². The number of nitrogens with one attached hydrogen (secondary N) is 1. The number of aliphatic hydroxyl groups is 1. The lowest BCUT2D eigenvalue weighted by atomic mass is 9.77. The Hall–Kier alpha value is -1.11. The van der Waals surface area contributed by atoms with Gasteiger partial charge in [0.05, 0.1) is 17.8 Å². The standard InChI is InChI=1S/C11H16N2O3S/c12-17(15,16)10-5-2-1-4-9(10)13-11(8-14)6-3-7-11/h1-2,4-5,13-14H,3,6-8H2,(H2,12,15,16). The van der Waals surface area contributed by atoms with Crippen LogP contribution >= 0.6 is 0 Å². The maximum atomic E-state index is 11.4. The van der Waals surface area contributed by atoms with Crippen LogP contribution in [0.2, 0.25) is 0 Å². The van der Waals surface area contributed by atoms with Gasteiger partial charge in [-0.25, -0.2) is 13.6 Å². The van der Waals surface area contributed by atoms with Gasteiger partial charge in [-0.2, -0.15) is 0 Å². The Morgan fingerprint density at radius 3 is 2.47 bits per heavy atom. The minimum absolute atomic E-state index is 0.00798. The fourth-order valence-electron chi connectivity index (χ4n) is 2.03. The molecule has 0 bridgehead atoms. The highest BCUT2D eigenvalue weighted by molar-refractivity contribution is 7.89. The molecule has 1 aromatic rings. The molecule has 0 aliphatic heterocycles. The molecule has 5 nitrogen and oxygen atoms in total. The molecule has 1 fully saturated rings. The Morgan fingerprint density at radius 2 is 2.00 bits per heavy atom. The highest BCUT2D eigenvalue weighted by Crippen LogP contribution is 2.36. The van der Waals surface area contributed by atoms with Crippen LogP contribution in [0.5, 0.6) is 0 Å². The van der Waals surface area contributed by atoms with Crippen LogP contribution in [-0.2, 0) is 10.0 Å². The van der Waals surface area contributed by atoms with Gasteiger partial charge in [0.25, 0.3) is 0 Å². The Labute approximate surface area is 101 Å². The second-order valence-corrected chi connectivity index (χ2v) is 5.99. The van der Waals surface area contributed by atoms with Gasteiger partial charge in [-0.1, -0.05) is 12.1 Å². The Bertz CT molecular complexity index is 504. The van der Waals surface area contributed by atoms with E-state index in [4.69, 9.17) is 5.14 Å². The zero-order valence-corrected chi connectivity index (χ0v) is 10.2. The lowest BCUT2D eigenvalue weighted by Crippen LogP contribution is -2.48. The maximum absolute atomic E-state index is 11.4. The van der Waals surface area contributed by atoms with Crippen molar-refractivity contribution in [3.63, 3.8) is 0 Å². The first-order chi connectivity index (χ1) is 7.97. The Kier molecular flexibility index (Phi) is 3.11. The number of benzene rings is 1. The van der Waals surface area contributed by atoms with Gasteiger partial charge in [0.15, 0.2) is 0 Å². The number of rotatable bonds is 4. The molecule has 0 radical (unpaired) electrons. The van der Waals surface area contributed by atoms with Crippen molar-refractivity contribution in [3.8, 4) is 0 Å². The molecule has 94 valence electrons. The SMILES string of the molecule is NS(=O)(=O)c1ccccc1NC1(CO)CCC1. The Morgan fingerprint density at radius 1 is 1.35 bits per heavy atom. The average molecular weight is 256 g/mol. The molecule has 2 rings (SSSR count). The normalized spacial score (nSPS) is 18.5. The molecule has 0 amide bonds. The van der Waals surface area contributed by atoms with Crippen molar-refractivity contribution in [2.75, 3.05) is 11.9 Å². The summed E-state index contributed by atoms with van der Waals surface area (Å²) in [6.07, 6.45) is 2.70. The smallest absolute Gasteiger partial charge is 0.240 e. The van der Waals surface area contributed by atoms with Crippen LogP contribution in [0.15, 0.2) is 29.2 Å². The molecule has 0 saturated heterocycles. The summed E-state index contributed by atoms with van der Waals surface area (Å²) in [4.78, 5) is 0.0692. The summed E-state index contributed by atoms with van der Waals surface area (Å²) in [7, 11) is -3.74. The maximum Gasteiger partial charge on any atom is 0.240 e. The summed E-state index contributed by atoms with van der Waals surface area (Å²) in [6, 6.07) is 6.48. The van der Waals surface area contributed by atoms with Gasteiger partial charge in [0.1, 0.15) is 4.90 Å². The predicted molar refractivity (Wildman–Crippen MR) is 65.1 cm³/mol. The first kappa shape index (κ1) is 12.3. The number of aliphatic hydroxyl groups excluding tert-OH is 1. The first-order valence-electron chi connectivity index (χ1n) is 5.48. The van der Waals surface area contributed by atoms with Crippen molar-refractivity contribution < 1.29 is 13.5 Å². The zero-order chi connectivity index (χ0) is 12.5. The summed E-state index contributed by atoms with van der Waals surface area (Å²) < 4.78 is 22.8. The van der Waals surface area contributed by atoms with Crippen LogP contribution in [0.4, 0.5) is 5.69 Å². The lowest BCUT2D eigenvalue weighted by molar-refractivity contribution is 0.144. The molecule has 0 spiro atoms. The van der Waals surface area contributed by atoms with Crippen molar-refractivity contribution in [3.05, 3.63) is 24.3 Å². The van der Waals surface area contributed by atoms with Crippen LogP contribution < -0.4 is 10.5 Å². The second-order valence-electron chi connectivity index (χ2n) is 4.46. The fraction of sp³-hybridized carbons (Fsp3) is 0.455. The number of sulfonamides is 1. The summed E-state index contributed by atoms with van der Waals surface area (Å²) in [5, 5.41) is 17.6. The van der Waals surface area contributed by atoms with Crippen molar-refractivity contribution in [2.24, 2.45) is 5.14 Å². The third-order valence-corrected chi connectivity index (χ3v) is 4.18. The summed E-state index contributed by atoms with van der Waals surface area (Å²) in [6.45, 7) is -0.00798. The van der Waals surface area contributed by atoms with E-state index in [1.54, 1.807) is 18.2 Å². The first-order valence-corrected chi connectivity index (χ1v) is 7.02. The van der Waals surface area contributed by atoms with E-state index >= 15 is 0 Å². The van der Waals surface area contributed by atoms with Crippen molar-refractivity contribution in [1.82, 2.24) is 0 Å². The van der Waals surface area contributed by atoms with E-state index < -0.39 is 10.0 Å². The summed E-state index contributed by atoms with van der Waals surface area (Å²) in [5.74, 6) is 0. The highest BCUT2D eigenvalue weighted by atomic mass is 32.2. The minimum Gasteiger partial charge on any atom is -0.394 e. The molecule has 1 aliphatic rings. The van der Waals surface area contributed by atoms with Crippen LogP contribution in [-0.4, -0.2) is 25.7 Å². The van der Waals surface area contributed by atoms with Gasteiger partial charge < -0.3 is 10.4 Å². The van der Waals surface area contributed by atoms with Crippen LogP contribution in [0.1, 0.15) is 19.3 Å². The van der Waals surface area contributed by atoms with E-state index in [2.05, 4.69) is 5.32 Å². The summed E-state index contributed by atoms with van der Waals surface area (Å²) >= 11 is 0. The number of primary sulfonamides is 1. The van der Waals surface area contributed by atoms with Crippen LogP contribution in [0, 0.1) is 0 Å². The van der Waals surface area contributed by atoms with Crippen molar-refractivity contribution in [2.45, 2.75) is 29.7 Å². The Balaban J connectivity index is 2.33. The van der Waals surface area contributed by atoms with E-state index in [0.29, 0.717) is 5.69 Å². The molecule has 1 aromatic carbocycles. The molecule has 0 atom stereocenters. The number of nitrogens with two attached hydrogens (primary N) is 1. The quantitative estimate of drug-likeness (QED) is 0.738. The third kappa shape index (κ3) is 2.43. The van der Waals surface area contributed by atoms with Gasteiger partial charge in [-0.3, -0.25) is 0 Å². The van der Waals surface area contributed by atoms with E-state index in [0.717, 1.165) is 19.3 Å². The molecule has 17 heavy (non-hydrogen) atoms. The van der Waals surface area contributed by atoms with Crippen molar-refractivity contribution in [1.29, 1.82) is 0 Å². The number of hydrogen-bond acceptors (Lipinski definition) is 4. The highest BCUT2D eigenvalue weighted by Gasteiger charge is 2.37. The van der Waals surface area contributed by atoms with Crippen LogP contribution in [0.25, 0.3) is 0 Å². The van der Waals surface area contributed by atoms with Crippen molar-refractivity contribution >= 4 is 15.7 Å². The largest absolute Gasteiger partial charge is 0.394 e. The summed E-state index contributed by atoms with van der Waals surface area (Å²) in [5.41, 5.74) is 0.0737. The molecule has 1 aliphatic carbocycles. The molecule has 0 heterocycles. The molecule has 0 aromatic heterocycles. The molecule has 4 N–H and O–H groups in total. The molecular weight excluding hydrogens is 240 g/mol. The molecule has 6 heteroatoms. The zero-order valence-electron chi connectivity index (χ0n) is 9.39. The van der Waals surface area contributed by atoms with E-state index in [-0.39, 0.29) is 17.0 Å². The van der Waals surface area contributed by atoms with Gasteiger partial charge in [0, 0.05) is 0 Å². The molecule has 1 saturated carbocycles. The van der Waals surface area contributed by atoms with Gasteiger partial charge >= 0.3 is 0 Å². The van der Waals surface area contributed by atoms with E-state index in [1.165, 1.54) is 6.07 Å². The minimum atomic E-state index is -3.74. The lowest BCUT2D eigenvalue weighted by Gasteiger charge is -2.42. The number of para-hydroxylation sites is 1. The third-order valence-electron chi connectivity index (χ3n) is 3.21. The monoisotopic (exact) mass is 256 g/mol. The fourth-order valence-corrected chi connectivity index (χ4v) is 2.72. The topological polar surface area (TPSA) is 92.4 Å². The van der Waals surface area contributed by atoms with Gasteiger partial charge in [-0.15, -0.1) is 0 Å². The van der Waals surface area contributed by atoms with Gasteiger partial charge in [0.2, 0.25) is 10.0 Å². The molecular formula is C11H16N2O3S. The number of hydrogen-bond donors (Lipinski definition) is 3. The number of anilines is 1. The predicted octanol–water partition coefficient (Wildman–Crippen LogP) is 0.661. The average Bonchev–Trinajstić information content (AvgIpc) is 2.23. The van der Waals surface area contributed by atoms with E-state index in [9.17, 15) is 13.5 Å². The van der Waals surface area contributed by atoms with Gasteiger partial charge in [-0.05, 0) is 31.4 Å².